The normalized spacial score (nSPS) is 24.0. The molecule has 0 aromatic heterocycles. The summed E-state index contributed by atoms with van der Waals surface area (Å²) in [6, 6.07) is 0.359. The van der Waals surface area contributed by atoms with Gasteiger partial charge in [-0.2, -0.15) is 0 Å². The molecule has 2 unspecified atom stereocenters. The molecule has 1 rings (SSSR count). The Balaban J connectivity index is 2.13. The predicted molar refractivity (Wildman–Crippen MR) is 62.6 cm³/mol. The van der Waals surface area contributed by atoms with Crippen LogP contribution in [0.25, 0.3) is 0 Å². The van der Waals surface area contributed by atoms with E-state index in [0.717, 1.165) is 26.2 Å². The third kappa shape index (κ3) is 5.71. The Morgan fingerprint density at radius 2 is 2.40 bits per heavy atom. The molecule has 0 radical (unpaired) electrons. The summed E-state index contributed by atoms with van der Waals surface area (Å²) in [6.07, 6.45) is 5.00. The Hall–Kier alpha value is 0.170. The van der Waals surface area contributed by atoms with Gasteiger partial charge in [-0.25, -0.2) is 0 Å². The molecular weight excluding hydrogens is 214 g/mol. The highest BCUT2D eigenvalue weighted by molar-refractivity contribution is 6.17. The highest BCUT2D eigenvalue weighted by Crippen LogP contribution is 2.12. The molecule has 0 aliphatic carbocycles. The van der Waals surface area contributed by atoms with Gasteiger partial charge in [0.05, 0.1) is 12.7 Å². The van der Waals surface area contributed by atoms with Crippen LogP contribution in [0.15, 0.2) is 0 Å². The van der Waals surface area contributed by atoms with E-state index in [-0.39, 0.29) is 0 Å². The molecule has 3 nitrogen and oxygen atoms in total. The number of alkyl halides is 1. The van der Waals surface area contributed by atoms with Gasteiger partial charge >= 0.3 is 0 Å². The van der Waals surface area contributed by atoms with Crippen LogP contribution < -0.4 is 5.32 Å². The number of rotatable bonds is 7. The Kier molecular flexibility index (Phi) is 7.36. The van der Waals surface area contributed by atoms with Gasteiger partial charge in [0.2, 0.25) is 0 Å². The number of methoxy groups -OCH3 is 1. The van der Waals surface area contributed by atoms with Gasteiger partial charge < -0.3 is 14.8 Å². The fraction of sp³-hybridized carbons (Fsp3) is 1.00. The lowest BCUT2D eigenvalue weighted by Crippen LogP contribution is -2.40. The molecule has 0 saturated carbocycles. The molecule has 1 aliphatic heterocycles. The van der Waals surface area contributed by atoms with Crippen molar-refractivity contribution >= 4 is 11.6 Å². The lowest BCUT2D eigenvalue weighted by atomic mass is 10.1. The third-order valence-corrected chi connectivity index (χ3v) is 2.95. The van der Waals surface area contributed by atoms with Gasteiger partial charge in [0.15, 0.2) is 0 Å². The van der Waals surface area contributed by atoms with Crippen LogP contribution in [0, 0.1) is 0 Å². The van der Waals surface area contributed by atoms with Crippen LogP contribution in [0.3, 0.4) is 0 Å². The van der Waals surface area contributed by atoms with Crippen molar-refractivity contribution in [2.45, 2.75) is 37.8 Å². The van der Waals surface area contributed by atoms with Crippen LogP contribution in [-0.4, -0.2) is 44.9 Å². The minimum Gasteiger partial charge on any atom is -0.383 e. The number of hydrogen-bond donors (Lipinski definition) is 1. The van der Waals surface area contributed by atoms with Gasteiger partial charge in [-0.3, -0.25) is 0 Å². The van der Waals surface area contributed by atoms with Crippen molar-refractivity contribution in [3.05, 3.63) is 0 Å². The number of ether oxygens (including phenoxy) is 2. The second kappa shape index (κ2) is 8.34. The molecule has 0 aromatic rings. The molecule has 90 valence electrons. The standard InChI is InChI=1S/C11H22ClNO2/c1-14-9-10(5-6-12)13-8-11-4-2-3-7-15-11/h10-11,13H,2-9H2,1H3. The number of hydrogen-bond acceptors (Lipinski definition) is 3. The maximum atomic E-state index is 5.73. The van der Waals surface area contributed by atoms with Crippen LogP contribution in [0.4, 0.5) is 0 Å². The molecule has 15 heavy (non-hydrogen) atoms. The van der Waals surface area contributed by atoms with Crippen LogP contribution in [0.2, 0.25) is 0 Å². The monoisotopic (exact) mass is 235 g/mol. The van der Waals surface area contributed by atoms with Gasteiger partial charge in [-0.1, -0.05) is 0 Å². The Morgan fingerprint density at radius 3 is 3.00 bits per heavy atom. The lowest BCUT2D eigenvalue weighted by molar-refractivity contribution is 0.0134. The van der Waals surface area contributed by atoms with Crippen molar-refractivity contribution in [3.8, 4) is 0 Å². The lowest BCUT2D eigenvalue weighted by Gasteiger charge is -2.25. The second-order valence-corrected chi connectivity index (χ2v) is 4.40. The third-order valence-electron chi connectivity index (χ3n) is 2.73. The van der Waals surface area contributed by atoms with E-state index >= 15 is 0 Å². The summed E-state index contributed by atoms with van der Waals surface area (Å²) in [5.41, 5.74) is 0. The van der Waals surface area contributed by atoms with Crippen molar-refractivity contribution in [1.82, 2.24) is 5.32 Å². The van der Waals surface area contributed by atoms with Gasteiger partial charge in [0.1, 0.15) is 0 Å². The van der Waals surface area contributed by atoms with E-state index in [1.807, 2.05) is 0 Å². The quantitative estimate of drug-likeness (QED) is 0.683. The molecule has 1 heterocycles. The first-order chi connectivity index (χ1) is 7.36. The van der Waals surface area contributed by atoms with Gasteiger partial charge in [0.25, 0.3) is 0 Å². The van der Waals surface area contributed by atoms with E-state index in [9.17, 15) is 0 Å². The summed E-state index contributed by atoms with van der Waals surface area (Å²) < 4.78 is 10.8. The summed E-state index contributed by atoms with van der Waals surface area (Å²) in [5.74, 6) is 0.673. The average molecular weight is 236 g/mol. The summed E-state index contributed by atoms with van der Waals surface area (Å²) in [5, 5.41) is 3.46. The van der Waals surface area contributed by atoms with Gasteiger partial charge in [0, 0.05) is 32.2 Å². The summed E-state index contributed by atoms with van der Waals surface area (Å²) in [4.78, 5) is 0. The zero-order chi connectivity index (χ0) is 10.9. The fourth-order valence-electron chi connectivity index (χ4n) is 1.84. The Bertz CT molecular complexity index is 146. The highest BCUT2D eigenvalue weighted by atomic mass is 35.5. The molecule has 0 spiro atoms. The van der Waals surface area contributed by atoms with E-state index < -0.39 is 0 Å². The summed E-state index contributed by atoms with van der Waals surface area (Å²) >= 11 is 5.73. The average Bonchev–Trinajstić information content (AvgIpc) is 2.28. The molecule has 4 heteroatoms. The van der Waals surface area contributed by atoms with Crippen molar-refractivity contribution < 1.29 is 9.47 Å². The van der Waals surface area contributed by atoms with E-state index in [1.54, 1.807) is 7.11 Å². The van der Waals surface area contributed by atoms with Crippen LogP contribution >= 0.6 is 11.6 Å². The van der Waals surface area contributed by atoms with Gasteiger partial charge in [-0.05, 0) is 25.7 Å². The Morgan fingerprint density at radius 1 is 1.53 bits per heavy atom. The van der Waals surface area contributed by atoms with Crippen LogP contribution in [0.5, 0.6) is 0 Å². The molecule has 0 aromatic carbocycles. The molecular formula is C11H22ClNO2. The van der Waals surface area contributed by atoms with E-state index in [2.05, 4.69) is 5.32 Å². The first-order valence-electron chi connectivity index (χ1n) is 5.76. The minimum absolute atomic E-state index is 0.359. The van der Waals surface area contributed by atoms with Crippen molar-refractivity contribution in [2.24, 2.45) is 0 Å². The number of halogens is 1. The van der Waals surface area contributed by atoms with Crippen molar-refractivity contribution in [2.75, 3.05) is 32.7 Å². The molecule has 1 saturated heterocycles. The van der Waals surface area contributed by atoms with E-state index in [1.165, 1.54) is 19.3 Å². The molecule has 0 amide bonds. The molecule has 2 atom stereocenters. The smallest absolute Gasteiger partial charge is 0.0699 e. The Labute approximate surface area is 97.5 Å². The maximum absolute atomic E-state index is 5.73. The number of nitrogens with one attached hydrogen (secondary N) is 1. The largest absolute Gasteiger partial charge is 0.383 e. The zero-order valence-corrected chi connectivity index (χ0v) is 10.3. The molecule has 0 bridgehead atoms. The van der Waals surface area contributed by atoms with Crippen LogP contribution in [0.1, 0.15) is 25.7 Å². The van der Waals surface area contributed by atoms with Crippen molar-refractivity contribution in [3.63, 3.8) is 0 Å². The topological polar surface area (TPSA) is 30.5 Å². The highest BCUT2D eigenvalue weighted by Gasteiger charge is 2.15. The second-order valence-electron chi connectivity index (χ2n) is 4.03. The van der Waals surface area contributed by atoms with E-state index in [4.69, 9.17) is 21.1 Å². The fourth-order valence-corrected chi connectivity index (χ4v) is 2.11. The summed E-state index contributed by atoms with van der Waals surface area (Å²) in [6.45, 7) is 2.56. The van der Waals surface area contributed by atoms with Crippen molar-refractivity contribution in [1.29, 1.82) is 0 Å². The molecule has 1 aliphatic rings. The minimum atomic E-state index is 0.359. The van der Waals surface area contributed by atoms with Gasteiger partial charge in [-0.15, -0.1) is 11.6 Å². The first kappa shape index (κ1) is 13.2. The molecule has 1 N–H and O–H groups in total. The van der Waals surface area contributed by atoms with E-state index in [0.29, 0.717) is 18.0 Å². The maximum Gasteiger partial charge on any atom is 0.0699 e. The zero-order valence-electron chi connectivity index (χ0n) is 9.51. The SMILES string of the molecule is COCC(CCCl)NCC1CCCCO1. The summed E-state index contributed by atoms with van der Waals surface area (Å²) in [7, 11) is 1.72. The predicted octanol–water partition coefficient (Wildman–Crippen LogP) is 1.79. The first-order valence-corrected chi connectivity index (χ1v) is 6.30. The molecule has 1 fully saturated rings. The van der Waals surface area contributed by atoms with Crippen LogP contribution in [-0.2, 0) is 9.47 Å².